The van der Waals surface area contributed by atoms with Crippen molar-refractivity contribution in [2.45, 2.75) is 72.6 Å². The van der Waals surface area contributed by atoms with Gasteiger partial charge in [-0.2, -0.15) is 0 Å². The van der Waals surface area contributed by atoms with Gasteiger partial charge in [0.25, 0.3) is 6.26 Å². The first-order valence-corrected chi connectivity index (χ1v) is 7.72. The van der Waals surface area contributed by atoms with Gasteiger partial charge in [-0.25, -0.2) is 0 Å². The summed E-state index contributed by atoms with van der Waals surface area (Å²) in [4.78, 5) is 0. The van der Waals surface area contributed by atoms with Crippen molar-refractivity contribution in [1.29, 1.82) is 5.26 Å². The summed E-state index contributed by atoms with van der Waals surface area (Å²) in [5, 5.41) is 9.50. The molecule has 0 atom stereocenters. The van der Waals surface area contributed by atoms with Gasteiger partial charge in [-0.15, -0.1) is 5.26 Å². The average molecular weight is 284 g/mol. The second kappa shape index (κ2) is 10.9. The number of hydrogen-bond acceptors (Lipinski definition) is 2. The maximum absolute atomic E-state index is 8.54. The van der Waals surface area contributed by atoms with Crippen molar-refractivity contribution in [3.05, 3.63) is 21.9 Å². The van der Waals surface area contributed by atoms with Gasteiger partial charge < -0.3 is 4.74 Å². The van der Waals surface area contributed by atoms with Crippen molar-refractivity contribution in [2.24, 2.45) is 0 Å². The molecule has 0 unspecified atom stereocenters. The number of hydrogen-bond donors (Lipinski definition) is 0. The topological polar surface area (TPSA) is 33.0 Å². The Kier molecular flexibility index (Phi) is 10.4. The second-order valence-electron chi connectivity index (χ2n) is 4.42. The van der Waals surface area contributed by atoms with Crippen molar-refractivity contribution in [3.63, 3.8) is 0 Å². The lowest BCUT2D eigenvalue weighted by Crippen LogP contribution is -1.91. The van der Waals surface area contributed by atoms with Crippen LogP contribution in [-0.4, -0.2) is 0 Å². The molecule has 0 aromatic heterocycles. The predicted molar refractivity (Wildman–Crippen MR) is 81.6 cm³/mol. The van der Waals surface area contributed by atoms with Crippen molar-refractivity contribution in [1.82, 2.24) is 0 Å². The second-order valence-corrected chi connectivity index (χ2v) is 4.88. The van der Waals surface area contributed by atoms with Gasteiger partial charge in [0.1, 0.15) is 5.76 Å². The van der Waals surface area contributed by atoms with Gasteiger partial charge >= 0.3 is 0 Å². The first-order chi connectivity index (χ1) is 9.20. The highest BCUT2D eigenvalue weighted by atomic mass is 35.5. The fourth-order valence-electron chi connectivity index (χ4n) is 2.24. The smallest absolute Gasteiger partial charge is 0.291 e. The monoisotopic (exact) mass is 283 g/mol. The minimum atomic E-state index is 0.716. The molecule has 0 aliphatic heterocycles. The molecule has 0 amide bonds. The van der Waals surface area contributed by atoms with E-state index in [-0.39, 0.29) is 0 Å². The summed E-state index contributed by atoms with van der Waals surface area (Å²) < 4.78 is 4.92. The Hall–Kier alpha value is -0.940. The lowest BCUT2D eigenvalue weighted by atomic mass is 10.1. The summed E-state index contributed by atoms with van der Waals surface area (Å²) in [6.45, 7) is 8.03. The van der Waals surface area contributed by atoms with Crippen LogP contribution >= 0.6 is 11.6 Å². The molecule has 108 valence electrons. The SMILES string of the molecule is CC.CCCCC/C(Cl)=C1/CCC/C1=C(/C)OC#N. The van der Waals surface area contributed by atoms with E-state index in [1.807, 2.05) is 20.8 Å². The molecule has 0 radical (unpaired) electrons. The van der Waals surface area contributed by atoms with Crippen LogP contribution in [0.25, 0.3) is 0 Å². The molecule has 1 aliphatic rings. The molecule has 0 aromatic carbocycles. The predicted octanol–water partition coefficient (Wildman–Crippen LogP) is 6.04. The minimum Gasteiger partial charge on any atom is -0.393 e. The summed E-state index contributed by atoms with van der Waals surface area (Å²) in [6.07, 6.45) is 9.36. The zero-order valence-electron chi connectivity index (χ0n) is 12.7. The fraction of sp³-hybridized carbons (Fsp3) is 0.688. The zero-order valence-corrected chi connectivity index (χ0v) is 13.4. The standard InChI is InChI=1S/C14H20ClNO.C2H6/c1-3-4-5-9-14(15)13-8-6-7-12(13)11(2)17-10-16;1-2/h3-9H2,1-2H3;1-2H3/b12-11+,14-13+;. The Morgan fingerprint density at radius 1 is 1.26 bits per heavy atom. The summed E-state index contributed by atoms with van der Waals surface area (Å²) in [6, 6.07) is 0. The molecule has 1 aliphatic carbocycles. The number of unbranched alkanes of at least 4 members (excludes halogenated alkanes) is 2. The number of rotatable bonds is 5. The van der Waals surface area contributed by atoms with E-state index in [0.29, 0.717) is 5.76 Å². The Balaban J connectivity index is 0.00000154. The van der Waals surface area contributed by atoms with E-state index in [4.69, 9.17) is 21.6 Å². The molecular formula is C16H26ClNO. The number of nitriles is 1. The molecule has 3 heteroatoms. The van der Waals surface area contributed by atoms with Crippen molar-refractivity contribution in [3.8, 4) is 6.26 Å². The minimum absolute atomic E-state index is 0.716. The van der Waals surface area contributed by atoms with Gasteiger partial charge in [-0.05, 0) is 50.2 Å². The molecule has 19 heavy (non-hydrogen) atoms. The van der Waals surface area contributed by atoms with E-state index >= 15 is 0 Å². The maximum atomic E-state index is 8.54. The number of nitrogens with zero attached hydrogens (tertiary/aromatic N) is 1. The highest BCUT2D eigenvalue weighted by Crippen LogP contribution is 2.37. The van der Waals surface area contributed by atoms with Gasteiger partial charge in [0.05, 0.1) is 0 Å². The van der Waals surface area contributed by atoms with Crippen molar-refractivity contribution < 1.29 is 4.74 Å². The number of halogens is 1. The Bertz CT molecular complexity index is 363. The average Bonchev–Trinajstić information content (AvgIpc) is 2.91. The molecule has 0 saturated heterocycles. The van der Waals surface area contributed by atoms with Crippen LogP contribution in [0.1, 0.15) is 72.6 Å². The highest BCUT2D eigenvalue weighted by Gasteiger charge is 2.20. The van der Waals surface area contributed by atoms with Gasteiger partial charge in [0.2, 0.25) is 0 Å². The summed E-state index contributed by atoms with van der Waals surface area (Å²) in [5.41, 5.74) is 2.36. The molecule has 0 bridgehead atoms. The van der Waals surface area contributed by atoms with E-state index in [0.717, 1.165) is 42.7 Å². The van der Waals surface area contributed by atoms with Crippen LogP contribution in [0, 0.1) is 11.5 Å². The Morgan fingerprint density at radius 2 is 1.89 bits per heavy atom. The highest BCUT2D eigenvalue weighted by molar-refractivity contribution is 6.30. The van der Waals surface area contributed by atoms with Crippen molar-refractivity contribution in [2.75, 3.05) is 0 Å². The third-order valence-corrected chi connectivity index (χ3v) is 3.59. The molecule has 0 N–H and O–H groups in total. The molecule has 1 fully saturated rings. The largest absolute Gasteiger partial charge is 0.393 e. The van der Waals surface area contributed by atoms with Gasteiger partial charge in [0.15, 0.2) is 0 Å². The van der Waals surface area contributed by atoms with Crippen molar-refractivity contribution >= 4 is 11.6 Å². The lowest BCUT2D eigenvalue weighted by Gasteiger charge is -2.08. The molecule has 1 rings (SSSR count). The quantitative estimate of drug-likeness (QED) is 0.350. The van der Waals surface area contributed by atoms with Crippen LogP contribution in [-0.2, 0) is 4.74 Å². The van der Waals surface area contributed by atoms with Gasteiger partial charge in [-0.3, -0.25) is 0 Å². The van der Waals surface area contributed by atoms with E-state index in [2.05, 4.69) is 6.92 Å². The lowest BCUT2D eigenvalue weighted by molar-refractivity contribution is 0.371. The molecule has 1 saturated carbocycles. The maximum Gasteiger partial charge on any atom is 0.291 e. The summed E-state index contributed by atoms with van der Waals surface area (Å²) in [7, 11) is 0. The molecule has 0 spiro atoms. The van der Waals surface area contributed by atoms with Crippen LogP contribution in [0.3, 0.4) is 0 Å². The zero-order chi connectivity index (χ0) is 14.7. The summed E-state index contributed by atoms with van der Waals surface area (Å²) in [5.74, 6) is 0.716. The molecule has 2 nitrogen and oxygen atoms in total. The van der Waals surface area contributed by atoms with Gasteiger partial charge in [-0.1, -0.05) is 45.2 Å². The first kappa shape index (κ1) is 18.1. The van der Waals surface area contributed by atoms with Crippen LogP contribution in [0.2, 0.25) is 0 Å². The molecular weight excluding hydrogens is 258 g/mol. The van der Waals surface area contributed by atoms with Crippen LogP contribution < -0.4 is 0 Å². The van der Waals surface area contributed by atoms with E-state index < -0.39 is 0 Å². The number of allylic oxidation sites excluding steroid dienone is 4. The van der Waals surface area contributed by atoms with Crippen LogP contribution in [0.5, 0.6) is 0 Å². The van der Waals surface area contributed by atoms with Crippen LogP contribution in [0.15, 0.2) is 21.9 Å². The third kappa shape index (κ3) is 6.16. The normalized spacial score (nSPS) is 19.2. The fourth-order valence-corrected chi connectivity index (χ4v) is 2.58. The van der Waals surface area contributed by atoms with E-state index in [1.165, 1.54) is 18.4 Å². The molecule has 0 aromatic rings. The summed E-state index contributed by atoms with van der Waals surface area (Å²) >= 11 is 6.37. The van der Waals surface area contributed by atoms with Gasteiger partial charge in [0, 0.05) is 5.03 Å². The first-order valence-electron chi connectivity index (χ1n) is 7.34. The number of ether oxygens (including phenoxy) is 1. The molecule has 0 heterocycles. The third-order valence-electron chi connectivity index (χ3n) is 3.17. The van der Waals surface area contributed by atoms with Crippen LogP contribution in [0.4, 0.5) is 0 Å². The Labute approximate surface area is 123 Å². The Morgan fingerprint density at radius 3 is 2.47 bits per heavy atom. The van der Waals surface area contributed by atoms with E-state index in [1.54, 1.807) is 6.26 Å². The van der Waals surface area contributed by atoms with E-state index in [9.17, 15) is 0 Å².